The highest BCUT2D eigenvalue weighted by Gasteiger charge is 2.50. The zero-order valence-corrected chi connectivity index (χ0v) is 23.7. The highest BCUT2D eigenvalue weighted by molar-refractivity contribution is 7.86. The summed E-state index contributed by atoms with van der Waals surface area (Å²) in [4.78, 5) is 27.4. The molecule has 3 atom stereocenters. The summed E-state index contributed by atoms with van der Waals surface area (Å²) in [5.41, 5.74) is 2.10. The molecule has 10 heteroatoms. The Labute approximate surface area is 237 Å². The molecular formula is C30H31FN2O5S2. The van der Waals surface area contributed by atoms with Gasteiger partial charge < -0.3 is 15.4 Å². The molecule has 2 aliphatic rings. The van der Waals surface area contributed by atoms with Gasteiger partial charge in [0.2, 0.25) is 11.8 Å². The second kappa shape index (κ2) is 12.1. The summed E-state index contributed by atoms with van der Waals surface area (Å²) >= 11 is 0. The first kappa shape index (κ1) is 28.3. The van der Waals surface area contributed by atoms with Crippen molar-refractivity contribution in [3.05, 3.63) is 89.7 Å². The summed E-state index contributed by atoms with van der Waals surface area (Å²) in [6, 6.07) is 19.9. The molecule has 1 saturated carbocycles. The summed E-state index contributed by atoms with van der Waals surface area (Å²) in [6.07, 6.45) is 1.46. The second-order valence-corrected chi connectivity index (χ2v) is 13.6. The average Bonchev–Trinajstić information content (AvgIpc) is 3.76. The SMILES string of the molecule is CCS(=O)c1ccc(C(CC(=O)NC2COC2)C(=O)Nc2ccc(C3(S(=O)c4ccc(F)cc4)CC3)cc2)cc1. The van der Waals surface area contributed by atoms with Crippen molar-refractivity contribution >= 4 is 39.1 Å². The van der Waals surface area contributed by atoms with Gasteiger partial charge in [0.15, 0.2) is 0 Å². The number of benzene rings is 3. The van der Waals surface area contributed by atoms with Crippen LogP contribution in [0.5, 0.6) is 0 Å². The van der Waals surface area contributed by atoms with Gasteiger partial charge in [-0.2, -0.15) is 0 Å². The fourth-order valence-electron chi connectivity index (χ4n) is 4.74. The van der Waals surface area contributed by atoms with Crippen molar-refractivity contribution in [2.45, 2.75) is 52.7 Å². The van der Waals surface area contributed by atoms with E-state index in [1.54, 1.807) is 48.5 Å². The van der Waals surface area contributed by atoms with Gasteiger partial charge in [-0.1, -0.05) is 31.2 Å². The largest absolute Gasteiger partial charge is 0.377 e. The van der Waals surface area contributed by atoms with Gasteiger partial charge in [-0.3, -0.25) is 18.0 Å². The van der Waals surface area contributed by atoms with E-state index >= 15 is 0 Å². The van der Waals surface area contributed by atoms with Crippen molar-refractivity contribution in [1.82, 2.24) is 5.32 Å². The van der Waals surface area contributed by atoms with Gasteiger partial charge in [0, 0.05) is 27.7 Å². The molecule has 0 bridgehead atoms. The molecule has 2 fully saturated rings. The number of anilines is 1. The number of hydrogen-bond donors (Lipinski definition) is 2. The Morgan fingerprint density at radius 2 is 1.57 bits per heavy atom. The van der Waals surface area contributed by atoms with Gasteiger partial charge in [-0.05, 0) is 72.5 Å². The van der Waals surface area contributed by atoms with Crippen LogP contribution >= 0.6 is 0 Å². The molecule has 1 saturated heterocycles. The maximum Gasteiger partial charge on any atom is 0.232 e. The van der Waals surface area contributed by atoms with Gasteiger partial charge in [-0.25, -0.2) is 4.39 Å². The summed E-state index contributed by atoms with van der Waals surface area (Å²) in [5.74, 6) is -1.22. The predicted molar refractivity (Wildman–Crippen MR) is 152 cm³/mol. The fourth-order valence-corrected chi connectivity index (χ4v) is 7.17. The van der Waals surface area contributed by atoms with Crippen molar-refractivity contribution in [3.8, 4) is 0 Å². The van der Waals surface area contributed by atoms with Crippen LogP contribution in [-0.4, -0.2) is 45.2 Å². The van der Waals surface area contributed by atoms with Crippen LogP contribution in [0.15, 0.2) is 82.6 Å². The van der Waals surface area contributed by atoms with E-state index < -0.39 is 32.3 Å². The molecule has 210 valence electrons. The Morgan fingerprint density at radius 3 is 2.12 bits per heavy atom. The van der Waals surface area contributed by atoms with E-state index in [4.69, 9.17) is 4.74 Å². The normalized spacial score (nSPS) is 18.1. The topological polar surface area (TPSA) is 102 Å². The third-order valence-corrected chi connectivity index (χ3v) is 10.7. The number of halogens is 1. The lowest BCUT2D eigenvalue weighted by molar-refractivity contribution is -0.128. The highest BCUT2D eigenvalue weighted by atomic mass is 32.2. The number of nitrogens with one attached hydrogen (secondary N) is 2. The number of rotatable bonds is 11. The van der Waals surface area contributed by atoms with Crippen LogP contribution in [0.25, 0.3) is 0 Å². The van der Waals surface area contributed by atoms with Crippen LogP contribution in [0.2, 0.25) is 0 Å². The molecule has 5 rings (SSSR count). The lowest BCUT2D eigenvalue weighted by Crippen LogP contribution is -2.49. The monoisotopic (exact) mass is 582 g/mol. The van der Waals surface area contributed by atoms with Gasteiger partial charge in [0.25, 0.3) is 0 Å². The lowest BCUT2D eigenvalue weighted by atomic mass is 9.94. The minimum Gasteiger partial charge on any atom is -0.377 e. The first-order chi connectivity index (χ1) is 19.3. The Kier molecular flexibility index (Phi) is 8.58. The van der Waals surface area contributed by atoms with E-state index in [-0.39, 0.29) is 30.1 Å². The van der Waals surface area contributed by atoms with Crippen LogP contribution in [0.4, 0.5) is 10.1 Å². The molecule has 3 aromatic rings. The van der Waals surface area contributed by atoms with Crippen LogP contribution in [0.1, 0.15) is 43.2 Å². The Balaban J connectivity index is 1.31. The third-order valence-electron chi connectivity index (χ3n) is 7.28. The van der Waals surface area contributed by atoms with Crippen molar-refractivity contribution < 1.29 is 27.1 Å². The maximum absolute atomic E-state index is 13.5. The van der Waals surface area contributed by atoms with Crippen molar-refractivity contribution in [3.63, 3.8) is 0 Å². The van der Waals surface area contributed by atoms with Gasteiger partial charge in [0.05, 0.1) is 51.5 Å². The number of carbonyl (C=O) groups excluding carboxylic acids is 2. The molecular weight excluding hydrogens is 551 g/mol. The zero-order chi connectivity index (χ0) is 28.3. The Bertz CT molecular complexity index is 1420. The maximum atomic E-state index is 13.5. The zero-order valence-electron chi connectivity index (χ0n) is 22.1. The molecule has 1 aliphatic heterocycles. The molecule has 1 aliphatic carbocycles. The number of carbonyl (C=O) groups is 2. The molecule has 2 N–H and O–H groups in total. The van der Waals surface area contributed by atoms with E-state index in [2.05, 4.69) is 10.6 Å². The molecule has 0 aromatic heterocycles. The third kappa shape index (κ3) is 6.24. The van der Waals surface area contributed by atoms with Crippen LogP contribution in [-0.2, 0) is 40.7 Å². The minimum atomic E-state index is -1.33. The summed E-state index contributed by atoms with van der Waals surface area (Å²) in [5, 5.41) is 5.81. The predicted octanol–water partition coefficient (Wildman–Crippen LogP) is 4.38. The molecule has 7 nitrogen and oxygen atoms in total. The van der Waals surface area contributed by atoms with Gasteiger partial charge in [0.1, 0.15) is 5.82 Å². The summed E-state index contributed by atoms with van der Waals surface area (Å²) in [7, 11) is -2.45. The minimum absolute atomic E-state index is 0.0452. The van der Waals surface area contributed by atoms with E-state index in [0.717, 1.165) is 18.4 Å². The van der Waals surface area contributed by atoms with Crippen LogP contribution in [0.3, 0.4) is 0 Å². The number of amides is 2. The van der Waals surface area contributed by atoms with Crippen LogP contribution < -0.4 is 10.6 Å². The molecule has 1 heterocycles. The molecule has 0 radical (unpaired) electrons. The van der Waals surface area contributed by atoms with Crippen molar-refractivity contribution in [2.75, 3.05) is 24.3 Å². The Morgan fingerprint density at radius 1 is 0.950 bits per heavy atom. The molecule has 40 heavy (non-hydrogen) atoms. The lowest BCUT2D eigenvalue weighted by Gasteiger charge is -2.27. The van der Waals surface area contributed by atoms with E-state index in [1.165, 1.54) is 12.1 Å². The first-order valence-electron chi connectivity index (χ1n) is 13.2. The van der Waals surface area contributed by atoms with E-state index in [0.29, 0.717) is 40.0 Å². The molecule has 0 spiro atoms. The standard InChI is InChI=1S/C30H31FN2O5S2/c1-2-39(36)25-11-3-20(4-12-25)27(17-28(34)32-24-18-38-19-24)29(35)33-23-9-5-21(6-10-23)30(15-16-30)40(37)26-13-7-22(31)8-14-26/h3-14,24,27H,2,15-19H2,1H3,(H,32,34)(H,33,35). The van der Waals surface area contributed by atoms with Gasteiger partial charge in [-0.15, -0.1) is 0 Å². The average molecular weight is 583 g/mol. The van der Waals surface area contributed by atoms with Crippen molar-refractivity contribution in [1.29, 1.82) is 0 Å². The smallest absolute Gasteiger partial charge is 0.232 e. The number of hydrogen-bond acceptors (Lipinski definition) is 5. The van der Waals surface area contributed by atoms with E-state index in [1.807, 2.05) is 19.1 Å². The quantitative estimate of drug-likeness (QED) is 0.350. The molecule has 3 aromatic carbocycles. The van der Waals surface area contributed by atoms with Crippen molar-refractivity contribution in [2.24, 2.45) is 0 Å². The first-order valence-corrected chi connectivity index (χ1v) is 15.7. The number of ether oxygens (including phenoxy) is 1. The van der Waals surface area contributed by atoms with Crippen LogP contribution in [0, 0.1) is 5.82 Å². The molecule has 2 amide bonds. The summed E-state index contributed by atoms with van der Waals surface area (Å²) in [6.45, 7) is 2.76. The molecule has 3 unspecified atom stereocenters. The highest BCUT2D eigenvalue weighted by Crippen LogP contribution is 2.53. The summed E-state index contributed by atoms with van der Waals surface area (Å²) < 4.78 is 43.4. The fraction of sp³-hybridized carbons (Fsp3) is 0.333. The van der Waals surface area contributed by atoms with Gasteiger partial charge >= 0.3 is 0 Å². The Hall–Kier alpha value is -3.21. The van der Waals surface area contributed by atoms with E-state index in [9.17, 15) is 22.4 Å². The second-order valence-electron chi connectivity index (χ2n) is 10.0.